The van der Waals surface area contributed by atoms with Gasteiger partial charge in [-0.05, 0) is 95.7 Å². The molecule has 0 radical (unpaired) electrons. The lowest BCUT2D eigenvalue weighted by atomic mass is 9.95. The largest absolute Gasteiger partial charge is 0.456 e. The van der Waals surface area contributed by atoms with Crippen molar-refractivity contribution in [2.24, 2.45) is 0 Å². The van der Waals surface area contributed by atoms with Crippen LogP contribution < -0.4 is 0 Å². The standard InChI is InChI=1S/C78H46ClN7O/c79-77-82-73(54-15-3-1-4-16-54)80-74(83-77)56-38-34-51(35-39-56)49-30-26-47(27-31-49)48-28-32-50(33-29-48)52-36-40-57(41-37-52)76-81-75(55-17-5-2-6-18-55)84-78(85-76)86-71-60(58-42-44-65-68(46-58)87-67-45-43-53-14-7-8-19-59(53)69(65)67)24-13-25-66(71)70-63-22-11-9-20-61(63)62-21-10-12-23-64(62)72(70)86/h1-46H. The van der Waals surface area contributed by atoms with Crippen molar-refractivity contribution in [2.45, 2.75) is 0 Å². The number of benzene rings is 13. The Balaban J connectivity index is 0.736. The van der Waals surface area contributed by atoms with E-state index in [1.807, 2.05) is 60.7 Å². The van der Waals surface area contributed by atoms with Gasteiger partial charge in [-0.1, -0.05) is 261 Å². The van der Waals surface area contributed by atoms with Crippen LogP contribution in [-0.4, -0.2) is 34.5 Å². The summed E-state index contributed by atoms with van der Waals surface area (Å²) in [4.78, 5) is 29.7. The Bertz CT molecular complexity index is 5550. The molecule has 0 amide bonds. The van der Waals surface area contributed by atoms with Gasteiger partial charge in [0, 0.05) is 54.7 Å². The number of nitrogens with zero attached hydrogens (tertiary/aromatic N) is 7. The van der Waals surface area contributed by atoms with Crippen molar-refractivity contribution in [2.75, 3.05) is 0 Å². The van der Waals surface area contributed by atoms with Gasteiger partial charge in [0.2, 0.25) is 11.2 Å². The Morgan fingerprint density at radius 1 is 0.264 bits per heavy atom. The number of halogens is 1. The molecule has 17 aromatic rings. The quantitative estimate of drug-likeness (QED) is 0.133. The van der Waals surface area contributed by atoms with E-state index < -0.39 is 0 Å². The number of para-hydroxylation sites is 1. The lowest BCUT2D eigenvalue weighted by Gasteiger charge is -2.14. The summed E-state index contributed by atoms with van der Waals surface area (Å²) in [5, 5.41) is 11.6. The minimum atomic E-state index is 0.159. The van der Waals surface area contributed by atoms with E-state index in [-0.39, 0.29) is 5.28 Å². The molecule has 0 aliphatic carbocycles. The fourth-order valence-corrected chi connectivity index (χ4v) is 12.9. The van der Waals surface area contributed by atoms with E-state index in [0.717, 1.165) is 127 Å². The number of hydrogen-bond acceptors (Lipinski definition) is 7. The van der Waals surface area contributed by atoms with Crippen LogP contribution in [-0.2, 0) is 0 Å². The number of rotatable bonds is 9. The monoisotopic (exact) mass is 1130 g/mol. The average Bonchev–Trinajstić information content (AvgIpc) is 1.63. The van der Waals surface area contributed by atoms with Crippen LogP contribution >= 0.6 is 11.6 Å². The minimum absolute atomic E-state index is 0.159. The molecular formula is C78H46ClN7O. The van der Waals surface area contributed by atoms with Crippen molar-refractivity contribution in [3.8, 4) is 96.0 Å². The average molecular weight is 1130 g/mol. The van der Waals surface area contributed by atoms with Gasteiger partial charge in [0.25, 0.3) is 0 Å². The van der Waals surface area contributed by atoms with E-state index in [1.54, 1.807) is 0 Å². The highest BCUT2D eigenvalue weighted by atomic mass is 35.5. The van der Waals surface area contributed by atoms with E-state index in [1.165, 1.54) is 16.2 Å². The Kier molecular flexibility index (Phi) is 11.8. The molecule has 17 rings (SSSR count). The van der Waals surface area contributed by atoms with Gasteiger partial charge in [-0.3, -0.25) is 4.57 Å². The fourth-order valence-electron chi connectivity index (χ4n) is 12.7. The van der Waals surface area contributed by atoms with E-state index in [9.17, 15) is 0 Å². The zero-order valence-electron chi connectivity index (χ0n) is 46.5. The maximum absolute atomic E-state index is 6.71. The third kappa shape index (κ3) is 8.60. The van der Waals surface area contributed by atoms with Crippen LogP contribution in [0.15, 0.2) is 283 Å². The minimum Gasteiger partial charge on any atom is -0.456 e. The third-order valence-electron chi connectivity index (χ3n) is 16.9. The first-order valence-corrected chi connectivity index (χ1v) is 29.3. The van der Waals surface area contributed by atoms with Crippen LogP contribution in [0.25, 0.3) is 172 Å². The normalized spacial score (nSPS) is 11.7. The SMILES string of the molecule is Clc1nc(-c2ccccc2)nc(-c2ccc(-c3ccc(-c4ccc(-c5ccc(-c6nc(-c7ccccc7)nc(-n7c8c(-c9ccc%10c(c9)oc9ccc%11ccccc%11c9%10)cccc8c8c9ccccc9c9ccccc9c87)n6)cc5)cc4)cc3)cc2)n1. The molecule has 13 aromatic carbocycles. The van der Waals surface area contributed by atoms with Crippen LogP contribution in [0.1, 0.15) is 0 Å². The predicted molar refractivity (Wildman–Crippen MR) is 356 cm³/mol. The van der Waals surface area contributed by atoms with E-state index in [0.29, 0.717) is 29.2 Å². The fraction of sp³-hybridized carbons (Fsp3) is 0. The molecule has 406 valence electrons. The van der Waals surface area contributed by atoms with Gasteiger partial charge in [0.05, 0.1) is 11.0 Å². The molecule has 0 saturated carbocycles. The first-order chi connectivity index (χ1) is 43.0. The molecule has 4 heterocycles. The van der Waals surface area contributed by atoms with Gasteiger partial charge >= 0.3 is 0 Å². The number of fused-ring (bicyclic) bond motifs is 13. The Hall–Kier alpha value is -11.5. The van der Waals surface area contributed by atoms with Gasteiger partial charge in [-0.15, -0.1) is 0 Å². The van der Waals surface area contributed by atoms with E-state index in [4.69, 9.17) is 36.0 Å². The highest BCUT2D eigenvalue weighted by molar-refractivity contribution is 6.33. The van der Waals surface area contributed by atoms with Crippen molar-refractivity contribution >= 4 is 87.7 Å². The van der Waals surface area contributed by atoms with Crippen molar-refractivity contribution in [3.05, 3.63) is 284 Å². The Morgan fingerprint density at radius 2 is 0.690 bits per heavy atom. The van der Waals surface area contributed by atoms with Crippen LogP contribution in [0.4, 0.5) is 0 Å². The Morgan fingerprint density at radius 3 is 1.24 bits per heavy atom. The van der Waals surface area contributed by atoms with Crippen molar-refractivity contribution in [1.82, 2.24) is 34.5 Å². The molecule has 0 bridgehead atoms. The van der Waals surface area contributed by atoms with Gasteiger partial charge in [0.1, 0.15) is 11.2 Å². The van der Waals surface area contributed by atoms with E-state index in [2.05, 4.69) is 233 Å². The summed E-state index contributed by atoms with van der Waals surface area (Å²) in [5.74, 6) is 2.74. The maximum atomic E-state index is 6.71. The second-order valence-corrected chi connectivity index (χ2v) is 22.2. The molecule has 0 atom stereocenters. The molecule has 4 aromatic heterocycles. The highest BCUT2D eigenvalue weighted by Crippen LogP contribution is 2.46. The summed E-state index contributed by atoms with van der Waals surface area (Å²) in [5.41, 5.74) is 15.9. The Labute approximate surface area is 504 Å². The summed E-state index contributed by atoms with van der Waals surface area (Å²) in [6, 6.07) is 97.6. The molecular weight excluding hydrogens is 1090 g/mol. The molecule has 0 saturated heterocycles. The summed E-state index contributed by atoms with van der Waals surface area (Å²) in [7, 11) is 0. The molecule has 0 N–H and O–H groups in total. The molecule has 0 unspecified atom stereocenters. The van der Waals surface area contributed by atoms with Crippen molar-refractivity contribution in [1.29, 1.82) is 0 Å². The zero-order chi connectivity index (χ0) is 57.5. The lowest BCUT2D eigenvalue weighted by molar-refractivity contribution is 0.669. The molecule has 0 fully saturated rings. The highest BCUT2D eigenvalue weighted by Gasteiger charge is 2.25. The molecule has 8 nitrogen and oxygen atoms in total. The van der Waals surface area contributed by atoms with E-state index >= 15 is 0 Å². The summed E-state index contributed by atoms with van der Waals surface area (Å²) in [6.45, 7) is 0. The van der Waals surface area contributed by atoms with Gasteiger partial charge in [0.15, 0.2) is 23.3 Å². The molecule has 0 aliphatic heterocycles. The predicted octanol–water partition coefficient (Wildman–Crippen LogP) is 20.5. The summed E-state index contributed by atoms with van der Waals surface area (Å²) < 4.78 is 9.00. The van der Waals surface area contributed by atoms with Crippen LogP contribution in [0.2, 0.25) is 5.28 Å². The third-order valence-corrected chi connectivity index (χ3v) is 17.1. The first-order valence-electron chi connectivity index (χ1n) is 28.9. The van der Waals surface area contributed by atoms with Gasteiger partial charge < -0.3 is 4.42 Å². The second kappa shape index (κ2) is 20.4. The molecule has 0 spiro atoms. The number of aromatic nitrogens is 7. The topological polar surface area (TPSA) is 95.4 Å². The van der Waals surface area contributed by atoms with Crippen molar-refractivity contribution < 1.29 is 4.42 Å². The lowest BCUT2D eigenvalue weighted by Crippen LogP contribution is -2.07. The van der Waals surface area contributed by atoms with Gasteiger partial charge in [-0.2, -0.15) is 19.9 Å². The molecule has 87 heavy (non-hydrogen) atoms. The number of furan rings is 1. The van der Waals surface area contributed by atoms with Crippen LogP contribution in [0.5, 0.6) is 0 Å². The maximum Gasteiger partial charge on any atom is 0.238 e. The smallest absolute Gasteiger partial charge is 0.238 e. The zero-order valence-corrected chi connectivity index (χ0v) is 47.2. The molecule has 9 heteroatoms. The number of hydrogen-bond donors (Lipinski definition) is 0. The van der Waals surface area contributed by atoms with Gasteiger partial charge in [-0.25, -0.2) is 9.97 Å². The van der Waals surface area contributed by atoms with Crippen LogP contribution in [0.3, 0.4) is 0 Å². The molecule has 0 aliphatic rings. The van der Waals surface area contributed by atoms with Crippen LogP contribution in [0, 0.1) is 0 Å². The summed E-state index contributed by atoms with van der Waals surface area (Å²) >= 11 is 6.37. The summed E-state index contributed by atoms with van der Waals surface area (Å²) in [6.07, 6.45) is 0. The van der Waals surface area contributed by atoms with Crippen molar-refractivity contribution in [3.63, 3.8) is 0 Å². The first kappa shape index (κ1) is 50.1. The second-order valence-electron chi connectivity index (χ2n) is 21.9.